The summed E-state index contributed by atoms with van der Waals surface area (Å²) in [6.45, 7) is 0. The maximum Gasteiger partial charge on any atom is 0.309 e. The van der Waals surface area contributed by atoms with Crippen LogP contribution in [0.1, 0.15) is 16.1 Å². The highest BCUT2D eigenvalue weighted by atomic mass is 16.4. The summed E-state index contributed by atoms with van der Waals surface area (Å²) in [6, 6.07) is 1.55. The lowest BCUT2D eigenvalue weighted by Gasteiger charge is -1.91. The molecule has 11 heavy (non-hydrogen) atoms. The van der Waals surface area contributed by atoms with Gasteiger partial charge in [0.2, 0.25) is 0 Å². The fourth-order valence-electron chi connectivity index (χ4n) is 0.831. The second-order valence-corrected chi connectivity index (χ2v) is 2.10. The quantitative estimate of drug-likeness (QED) is 0.619. The van der Waals surface area contributed by atoms with Crippen molar-refractivity contribution in [3.05, 3.63) is 23.5 Å². The van der Waals surface area contributed by atoms with Gasteiger partial charge in [0.1, 0.15) is 0 Å². The molecule has 4 nitrogen and oxygen atoms in total. The Morgan fingerprint density at radius 2 is 2.45 bits per heavy atom. The van der Waals surface area contributed by atoms with Crippen LogP contribution in [0.2, 0.25) is 0 Å². The molecule has 1 heterocycles. The van der Waals surface area contributed by atoms with Gasteiger partial charge in [0.25, 0.3) is 0 Å². The third kappa shape index (κ3) is 1.67. The Kier molecular flexibility index (Phi) is 2.06. The van der Waals surface area contributed by atoms with Crippen molar-refractivity contribution in [2.45, 2.75) is 6.42 Å². The molecule has 4 heteroatoms. The molecule has 0 aliphatic rings. The Hall–Kier alpha value is -1.58. The summed E-state index contributed by atoms with van der Waals surface area (Å²) in [7, 11) is 0. The van der Waals surface area contributed by atoms with Crippen LogP contribution in [-0.2, 0) is 11.2 Å². The van der Waals surface area contributed by atoms with Crippen LogP contribution in [0.4, 0.5) is 0 Å². The van der Waals surface area contributed by atoms with E-state index in [0.717, 1.165) is 0 Å². The van der Waals surface area contributed by atoms with E-state index < -0.39 is 5.97 Å². The molecule has 0 bridgehead atoms. The monoisotopic (exact) mass is 153 g/mol. The third-order valence-electron chi connectivity index (χ3n) is 1.32. The largest absolute Gasteiger partial charge is 0.481 e. The van der Waals surface area contributed by atoms with E-state index in [2.05, 4.69) is 4.98 Å². The zero-order valence-corrected chi connectivity index (χ0v) is 5.70. The van der Waals surface area contributed by atoms with Gasteiger partial charge in [0, 0.05) is 17.5 Å². The molecule has 0 aliphatic heterocycles. The van der Waals surface area contributed by atoms with E-state index in [1.807, 2.05) is 0 Å². The van der Waals surface area contributed by atoms with Crippen molar-refractivity contribution in [1.82, 2.24) is 4.98 Å². The van der Waals surface area contributed by atoms with Gasteiger partial charge in [-0.05, 0) is 6.07 Å². The highest BCUT2D eigenvalue weighted by molar-refractivity contribution is 5.80. The first-order valence-corrected chi connectivity index (χ1v) is 3.07. The summed E-state index contributed by atoms with van der Waals surface area (Å²) in [5.41, 5.74) is 0.861. The number of rotatable bonds is 3. The number of hydrogen-bond acceptors (Lipinski definition) is 2. The Labute approximate surface area is 62.9 Å². The number of H-pyrrole nitrogens is 1. The van der Waals surface area contributed by atoms with Gasteiger partial charge in [-0.2, -0.15) is 0 Å². The normalized spacial score (nSPS) is 9.45. The molecule has 0 amide bonds. The smallest absolute Gasteiger partial charge is 0.309 e. The van der Waals surface area contributed by atoms with Gasteiger partial charge in [-0.15, -0.1) is 0 Å². The summed E-state index contributed by atoms with van der Waals surface area (Å²) in [5.74, 6) is -0.949. The summed E-state index contributed by atoms with van der Waals surface area (Å²) in [4.78, 5) is 23.1. The fraction of sp³-hybridized carbons (Fsp3) is 0.143. The number of nitrogens with one attached hydrogen (secondary N) is 1. The van der Waals surface area contributed by atoms with Crippen molar-refractivity contribution in [3.8, 4) is 0 Å². The summed E-state index contributed by atoms with van der Waals surface area (Å²) < 4.78 is 0. The average Bonchev–Trinajstić information content (AvgIpc) is 2.34. The van der Waals surface area contributed by atoms with Crippen molar-refractivity contribution in [1.29, 1.82) is 0 Å². The van der Waals surface area contributed by atoms with Crippen LogP contribution < -0.4 is 0 Å². The van der Waals surface area contributed by atoms with Crippen LogP contribution in [0.15, 0.2) is 12.3 Å². The minimum atomic E-state index is -0.949. The first kappa shape index (κ1) is 7.53. The van der Waals surface area contributed by atoms with Crippen molar-refractivity contribution >= 4 is 12.3 Å². The van der Waals surface area contributed by atoms with Crippen molar-refractivity contribution < 1.29 is 14.7 Å². The van der Waals surface area contributed by atoms with Crippen LogP contribution in [0.3, 0.4) is 0 Å². The minimum Gasteiger partial charge on any atom is -0.481 e. The molecule has 1 rings (SSSR count). The summed E-state index contributed by atoms with van der Waals surface area (Å²) >= 11 is 0. The van der Waals surface area contributed by atoms with Gasteiger partial charge < -0.3 is 10.1 Å². The van der Waals surface area contributed by atoms with Crippen LogP contribution >= 0.6 is 0 Å². The second-order valence-electron chi connectivity index (χ2n) is 2.10. The van der Waals surface area contributed by atoms with Crippen LogP contribution in [0.25, 0.3) is 0 Å². The SMILES string of the molecule is O=Cc1cc[nH]c1CC(=O)O. The summed E-state index contributed by atoms with van der Waals surface area (Å²) in [6.07, 6.45) is 2.04. The van der Waals surface area contributed by atoms with Crippen LogP contribution in [0, 0.1) is 0 Å². The number of carbonyl (C=O) groups excluding carboxylic acids is 1. The predicted molar refractivity (Wildman–Crippen MR) is 37.5 cm³/mol. The number of carboxylic acids is 1. The molecule has 0 aliphatic carbocycles. The average molecular weight is 153 g/mol. The topological polar surface area (TPSA) is 70.2 Å². The van der Waals surface area contributed by atoms with E-state index in [0.29, 0.717) is 17.5 Å². The maximum atomic E-state index is 10.3. The third-order valence-corrected chi connectivity index (χ3v) is 1.32. The van der Waals surface area contributed by atoms with Crippen molar-refractivity contribution in [2.24, 2.45) is 0 Å². The molecule has 0 unspecified atom stereocenters. The second kappa shape index (κ2) is 3.01. The van der Waals surface area contributed by atoms with E-state index in [9.17, 15) is 9.59 Å². The molecular weight excluding hydrogens is 146 g/mol. The zero-order chi connectivity index (χ0) is 8.27. The lowest BCUT2D eigenvalue weighted by Crippen LogP contribution is -2.02. The Balaban J connectivity index is 2.84. The number of carboxylic acid groups (broad SMARTS) is 1. The number of aromatic nitrogens is 1. The molecule has 0 saturated carbocycles. The van der Waals surface area contributed by atoms with E-state index in [-0.39, 0.29) is 6.42 Å². The molecule has 1 aromatic heterocycles. The van der Waals surface area contributed by atoms with Crippen molar-refractivity contribution in [2.75, 3.05) is 0 Å². The van der Waals surface area contributed by atoms with Gasteiger partial charge in [-0.25, -0.2) is 0 Å². The van der Waals surface area contributed by atoms with Crippen LogP contribution in [0.5, 0.6) is 0 Å². The molecule has 0 atom stereocenters. The number of aldehydes is 1. The highest BCUT2D eigenvalue weighted by Crippen LogP contribution is 2.03. The number of carbonyl (C=O) groups is 2. The van der Waals surface area contributed by atoms with Crippen molar-refractivity contribution in [3.63, 3.8) is 0 Å². The lowest BCUT2D eigenvalue weighted by atomic mass is 10.2. The number of aliphatic carboxylic acids is 1. The van der Waals surface area contributed by atoms with E-state index in [1.165, 1.54) is 0 Å². The van der Waals surface area contributed by atoms with Gasteiger partial charge in [-0.3, -0.25) is 9.59 Å². The van der Waals surface area contributed by atoms with Gasteiger partial charge in [0.15, 0.2) is 6.29 Å². The fourth-order valence-corrected chi connectivity index (χ4v) is 0.831. The Morgan fingerprint density at radius 3 is 3.00 bits per heavy atom. The van der Waals surface area contributed by atoms with Gasteiger partial charge >= 0.3 is 5.97 Å². The summed E-state index contributed by atoms with van der Waals surface area (Å²) in [5, 5.41) is 8.37. The standard InChI is InChI=1S/C7H7NO3/c9-4-5-1-2-8-6(5)3-7(10)11/h1-2,4,8H,3H2,(H,10,11). The highest BCUT2D eigenvalue weighted by Gasteiger charge is 2.05. The molecule has 0 spiro atoms. The van der Waals surface area contributed by atoms with Gasteiger partial charge in [0.05, 0.1) is 6.42 Å². The Bertz CT molecular complexity index is 277. The lowest BCUT2D eigenvalue weighted by molar-refractivity contribution is -0.136. The maximum absolute atomic E-state index is 10.3. The van der Waals surface area contributed by atoms with Crippen LogP contribution in [-0.4, -0.2) is 22.3 Å². The molecule has 0 aromatic carbocycles. The first-order valence-electron chi connectivity index (χ1n) is 3.07. The molecule has 58 valence electrons. The molecule has 0 radical (unpaired) electrons. The predicted octanol–water partition coefficient (Wildman–Crippen LogP) is 0.454. The first-order chi connectivity index (χ1) is 5.24. The number of hydrogen-bond donors (Lipinski definition) is 2. The number of aromatic amines is 1. The molecular formula is C7H7NO3. The zero-order valence-electron chi connectivity index (χ0n) is 5.70. The van der Waals surface area contributed by atoms with E-state index in [1.54, 1.807) is 12.3 Å². The molecule has 0 fully saturated rings. The van der Waals surface area contributed by atoms with E-state index in [4.69, 9.17) is 5.11 Å². The molecule has 2 N–H and O–H groups in total. The molecule has 1 aromatic rings. The molecule has 0 saturated heterocycles. The van der Waals surface area contributed by atoms with Gasteiger partial charge in [-0.1, -0.05) is 0 Å². The Morgan fingerprint density at radius 1 is 1.73 bits per heavy atom. The minimum absolute atomic E-state index is 0.138. The van der Waals surface area contributed by atoms with E-state index >= 15 is 0 Å².